The average Bonchev–Trinajstić information content (AvgIpc) is 3.17. The van der Waals surface area contributed by atoms with Crippen molar-refractivity contribution < 1.29 is 19.1 Å². The highest BCUT2D eigenvalue weighted by Crippen LogP contribution is 2.47. The summed E-state index contributed by atoms with van der Waals surface area (Å²) in [6.45, 7) is 6.93. The second-order valence-corrected chi connectivity index (χ2v) is 9.77. The molecule has 1 aromatic carbocycles. The number of carbonyl (C=O) groups is 2. The van der Waals surface area contributed by atoms with Crippen LogP contribution >= 0.6 is 11.6 Å². The zero-order valence-corrected chi connectivity index (χ0v) is 18.5. The Morgan fingerprint density at radius 2 is 2.10 bits per heavy atom. The van der Waals surface area contributed by atoms with Crippen LogP contribution in [0.4, 0.5) is 0 Å². The highest BCUT2D eigenvalue weighted by Gasteiger charge is 2.47. The number of hydrogen-bond donors (Lipinski definition) is 0. The van der Waals surface area contributed by atoms with E-state index < -0.39 is 17.8 Å². The summed E-state index contributed by atoms with van der Waals surface area (Å²) < 4.78 is 11.2. The van der Waals surface area contributed by atoms with Crippen molar-refractivity contribution in [2.24, 2.45) is 16.3 Å². The summed E-state index contributed by atoms with van der Waals surface area (Å²) in [5.74, 6) is -1.19. The lowest BCUT2D eigenvalue weighted by Crippen LogP contribution is -2.44. The minimum Gasteiger partial charge on any atom is -0.460 e. The zero-order valence-electron chi connectivity index (χ0n) is 17.7. The fourth-order valence-electron chi connectivity index (χ4n) is 4.94. The van der Waals surface area contributed by atoms with E-state index in [9.17, 15) is 9.59 Å². The van der Waals surface area contributed by atoms with E-state index in [1.807, 2.05) is 25.1 Å². The summed E-state index contributed by atoms with van der Waals surface area (Å²) in [5.41, 5.74) is 2.64. The SMILES string of the molecule is CC1=C(C(=O)OCC2CCCO2)C(c2cccc(Cl)c2)C2C(=O)CC(C)(C)CC2=N1. The van der Waals surface area contributed by atoms with Crippen LogP contribution in [0.5, 0.6) is 0 Å². The first-order valence-corrected chi connectivity index (χ1v) is 11.0. The van der Waals surface area contributed by atoms with Crippen LogP contribution in [0.3, 0.4) is 0 Å². The molecule has 4 rings (SSSR count). The number of rotatable bonds is 4. The van der Waals surface area contributed by atoms with E-state index in [0.717, 1.165) is 30.5 Å². The van der Waals surface area contributed by atoms with Crippen LogP contribution in [-0.4, -0.2) is 36.8 Å². The number of benzene rings is 1. The minimum absolute atomic E-state index is 0.0563. The second kappa shape index (κ2) is 8.27. The van der Waals surface area contributed by atoms with Crippen LogP contribution in [0.1, 0.15) is 57.9 Å². The standard InChI is InChI=1S/C24H28ClNO4/c1-14-20(23(28)30-13-17-8-5-9-29-17)21(15-6-4-7-16(25)10-15)22-18(26-14)11-24(2,3)12-19(22)27/h4,6-7,10,17,21-22H,5,8-9,11-13H2,1-3H3. The Hall–Kier alpha value is -1.98. The number of fused-ring (bicyclic) bond motifs is 1. The molecule has 0 bridgehead atoms. The molecule has 0 radical (unpaired) electrons. The molecule has 3 aliphatic rings. The van der Waals surface area contributed by atoms with E-state index in [1.165, 1.54) is 0 Å². The fraction of sp³-hybridized carbons (Fsp3) is 0.542. The molecular formula is C24H28ClNO4. The van der Waals surface area contributed by atoms with E-state index in [-0.39, 0.29) is 23.9 Å². The van der Waals surface area contributed by atoms with Crippen LogP contribution in [0.2, 0.25) is 5.02 Å². The highest BCUT2D eigenvalue weighted by molar-refractivity contribution is 6.30. The molecule has 0 N–H and O–H groups in total. The molecule has 0 spiro atoms. The maximum atomic E-state index is 13.2. The van der Waals surface area contributed by atoms with E-state index in [4.69, 9.17) is 26.1 Å². The Bertz CT molecular complexity index is 927. The molecule has 3 atom stereocenters. The largest absolute Gasteiger partial charge is 0.460 e. The Labute approximate surface area is 182 Å². The summed E-state index contributed by atoms with van der Waals surface area (Å²) >= 11 is 6.27. The number of ketones is 1. The fourth-order valence-corrected chi connectivity index (χ4v) is 5.14. The maximum Gasteiger partial charge on any atom is 0.336 e. The summed E-state index contributed by atoms with van der Waals surface area (Å²) in [7, 11) is 0. The van der Waals surface area contributed by atoms with Gasteiger partial charge in [-0.15, -0.1) is 0 Å². The number of halogens is 1. The van der Waals surface area contributed by atoms with Gasteiger partial charge in [0.15, 0.2) is 0 Å². The first-order valence-electron chi connectivity index (χ1n) is 10.6. The molecule has 1 aliphatic carbocycles. The van der Waals surface area contributed by atoms with Gasteiger partial charge in [0, 0.05) is 35.4 Å². The zero-order chi connectivity index (χ0) is 21.5. The van der Waals surface area contributed by atoms with Crippen molar-refractivity contribution in [1.82, 2.24) is 0 Å². The van der Waals surface area contributed by atoms with E-state index in [1.54, 1.807) is 6.07 Å². The first kappa shape index (κ1) is 21.3. The quantitative estimate of drug-likeness (QED) is 0.640. The highest BCUT2D eigenvalue weighted by atomic mass is 35.5. The summed E-state index contributed by atoms with van der Waals surface area (Å²) in [6, 6.07) is 7.40. The number of ether oxygens (including phenoxy) is 2. The van der Waals surface area contributed by atoms with Gasteiger partial charge in [0.2, 0.25) is 0 Å². The Morgan fingerprint density at radius 3 is 2.80 bits per heavy atom. The smallest absolute Gasteiger partial charge is 0.336 e. The molecular weight excluding hydrogens is 402 g/mol. The molecule has 1 saturated heterocycles. The minimum atomic E-state index is -0.453. The molecule has 2 fully saturated rings. The number of Topliss-reactive ketones (excluding diaryl/α,β-unsaturated/α-hetero) is 1. The van der Waals surface area contributed by atoms with Crippen LogP contribution in [0, 0.1) is 11.3 Å². The predicted molar refractivity (Wildman–Crippen MR) is 116 cm³/mol. The molecule has 2 aliphatic heterocycles. The number of carbonyl (C=O) groups excluding carboxylic acids is 2. The van der Waals surface area contributed by atoms with Gasteiger partial charge in [0.05, 0.1) is 17.6 Å². The van der Waals surface area contributed by atoms with Gasteiger partial charge in [-0.05, 0) is 49.3 Å². The van der Waals surface area contributed by atoms with Crippen molar-refractivity contribution in [1.29, 1.82) is 0 Å². The molecule has 0 aromatic heterocycles. The second-order valence-electron chi connectivity index (χ2n) is 9.33. The molecule has 6 heteroatoms. The van der Waals surface area contributed by atoms with Crippen LogP contribution in [0.25, 0.3) is 0 Å². The lowest BCUT2D eigenvalue weighted by atomic mass is 9.63. The van der Waals surface area contributed by atoms with Crippen LogP contribution < -0.4 is 0 Å². The van der Waals surface area contributed by atoms with Crippen molar-refractivity contribution in [2.75, 3.05) is 13.2 Å². The van der Waals surface area contributed by atoms with Gasteiger partial charge >= 0.3 is 5.97 Å². The molecule has 30 heavy (non-hydrogen) atoms. The lowest BCUT2D eigenvalue weighted by Gasteiger charge is -2.41. The third kappa shape index (κ3) is 4.23. The lowest BCUT2D eigenvalue weighted by molar-refractivity contribution is -0.142. The van der Waals surface area contributed by atoms with Crippen molar-refractivity contribution in [3.8, 4) is 0 Å². The molecule has 1 aromatic rings. The van der Waals surface area contributed by atoms with Crippen molar-refractivity contribution in [3.63, 3.8) is 0 Å². The van der Waals surface area contributed by atoms with E-state index >= 15 is 0 Å². The third-order valence-electron chi connectivity index (χ3n) is 6.22. The summed E-state index contributed by atoms with van der Waals surface area (Å²) in [5, 5.41) is 0.574. The Balaban J connectivity index is 1.72. The van der Waals surface area contributed by atoms with Gasteiger partial charge in [-0.25, -0.2) is 4.79 Å². The van der Waals surface area contributed by atoms with Gasteiger partial charge < -0.3 is 9.47 Å². The number of allylic oxidation sites excluding steroid dienone is 1. The van der Waals surface area contributed by atoms with Gasteiger partial charge in [-0.1, -0.05) is 37.6 Å². The third-order valence-corrected chi connectivity index (χ3v) is 6.45. The maximum absolute atomic E-state index is 13.2. The number of esters is 1. The normalized spacial score (nSPS) is 28.2. The molecule has 3 unspecified atom stereocenters. The van der Waals surface area contributed by atoms with Crippen molar-refractivity contribution >= 4 is 29.1 Å². The topological polar surface area (TPSA) is 65.0 Å². The van der Waals surface area contributed by atoms with Crippen molar-refractivity contribution in [2.45, 2.75) is 58.5 Å². The Morgan fingerprint density at radius 1 is 1.30 bits per heavy atom. The molecule has 2 heterocycles. The van der Waals surface area contributed by atoms with Crippen LogP contribution in [0.15, 0.2) is 40.5 Å². The molecule has 1 saturated carbocycles. The summed E-state index contributed by atoms with van der Waals surface area (Å²) in [4.78, 5) is 31.2. The van der Waals surface area contributed by atoms with Gasteiger partial charge in [0.25, 0.3) is 0 Å². The first-order chi connectivity index (χ1) is 14.2. The van der Waals surface area contributed by atoms with Gasteiger partial charge in [-0.3, -0.25) is 9.79 Å². The number of nitrogens with zero attached hydrogens (tertiary/aromatic N) is 1. The molecule has 0 amide bonds. The Kier molecular flexibility index (Phi) is 5.86. The molecule has 160 valence electrons. The predicted octanol–water partition coefficient (Wildman–Crippen LogP) is 4.88. The monoisotopic (exact) mass is 429 g/mol. The van der Waals surface area contributed by atoms with E-state index in [0.29, 0.717) is 29.3 Å². The number of hydrogen-bond acceptors (Lipinski definition) is 5. The number of aliphatic imine (C=N–C) groups is 1. The van der Waals surface area contributed by atoms with Gasteiger partial charge in [0.1, 0.15) is 12.4 Å². The molecule has 5 nitrogen and oxygen atoms in total. The van der Waals surface area contributed by atoms with Crippen molar-refractivity contribution in [3.05, 3.63) is 46.1 Å². The van der Waals surface area contributed by atoms with E-state index in [2.05, 4.69) is 13.8 Å². The summed E-state index contributed by atoms with van der Waals surface area (Å²) in [6.07, 6.45) is 3.01. The van der Waals surface area contributed by atoms with Gasteiger partial charge in [-0.2, -0.15) is 0 Å². The average molecular weight is 430 g/mol. The van der Waals surface area contributed by atoms with Crippen LogP contribution in [-0.2, 0) is 19.1 Å².